The SMILES string of the molecule is C=C(C)C(=O)OCCN(C(=O)NCCCCCCNC(=O)N(CCCCCCNC(=O)N(CCOC(=O)C(=C)C)C(C)(C)C)C(=O)OCCCCCCOC(=O)CCCCC(=O)OCCCCCCOC(=O)N(CCCCCCNC(=O)N(CCOC(=O)C(=C)C)C(C)(C)C)C(=O)NCCCCCCNC(=O)N(CCOC(=O)C(=C)C)C(C)(C)C)C(C)(C)C. The first-order valence-electron chi connectivity index (χ1n) is 44.6. The van der Waals surface area contributed by atoms with Crippen LogP contribution in [-0.2, 0) is 66.7 Å². The van der Waals surface area contributed by atoms with Gasteiger partial charge >= 0.3 is 84.2 Å². The minimum atomic E-state index is -0.772. The largest absolute Gasteiger partial charge is 0.466 e. The van der Waals surface area contributed by atoms with Crippen LogP contribution in [-0.4, -0.2) is 267 Å². The van der Waals surface area contributed by atoms with E-state index in [-0.39, 0.29) is 163 Å². The van der Waals surface area contributed by atoms with E-state index in [2.05, 4.69) is 58.2 Å². The van der Waals surface area contributed by atoms with Gasteiger partial charge in [-0.3, -0.25) is 9.59 Å². The van der Waals surface area contributed by atoms with Gasteiger partial charge in [-0.05, 0) is 226 Å². The van der Waals surface area contributed by atoms with E-state index in [1.165, 1.54) is 0 Å². The number of rotatable bonds is 63. The Morgan fingerprint density at radius 2 is 0.419 bits per heavy atom. The van der Waals surface area contributed by atoms with Crippen LogP contribution in [0.5, 0.6) is 0 Å². The molecule has 124 heavy (non-hydrogen) atoms. The number of nitrogens with one attached hydrogen (secondary N) is 6. The fraction of sp³-hybridized carbons (Fsp3) is 0.756. The summed E-state index contributed by atoms with van der Waals surface area (Å²) in [5.74, 6) is -2.84. The van der Waals surface area contributed by atoms with Crippen LogP contribution in [0.4, 0.5) is 38.4 Å². The molecule has 6 N–H and O–H groups in total. The lowest BCUT2D eigenvalue weighted by atomic mass is 10.1. The van der Waals surface area contributed by atoms with Gasteiger partial charge in [-0.15, -0.1) is 0 Å². The molecule has 0 aromatic rings. The zero-order valence-corrected chi connectivity index (χ0v) is 78.4. The maximum Gasteiger partial charge on any atom is 0.417 e. The highest BCUT2D eigenvalue weighted by Crippen LogP contribution is 2.20. The standard InChI is InChI=1S/C90H158N12O22/c1-69(2)75(105)119-65-57-99(87(9,10)11)81(111)93-51-37-23-21-35-49-91-79(109)97(55-41-27-25-39-53-95-83(113)101(89(15,16)17)59-67-121-77(107)71(5)6)85(115)123-63-45-31-29-43-61-117-73(103)47-33-34-48-74(104)118-62-44-30-32-46-64-124-86(116)98(56-42-28-26-40-54-96-84(114)102(90(18,19)20)60-68-122-78(108)72(7)8)80(110)92-50-36-22-24-38-52-94-82(112)100(88(12,13)14)58-66-120-76(106)70(3)4/h1,3,5,7,21-68H2,2,4,6,8-20H3,(H,91,109)(H,92,110)(H,93,111)(H,94,112)(H,95,113)(H,96,114). The average molecular weight is 1760 g/mol. The summed E-state index contributed by atoms with van der Waals surface area (Å²) in [6, 6.07) is -2.30. The zero-order valence-electron chi connectivity index (χ0n) is 78.4. The molecule has 0 aliphatic carbocycles. The molecule has 0 heterocycles. The third-order valence-corrected chi connectivity index (χ3v) is 19.3. The molecule has 0 saturated carbocycles. The van der Waals surface area contributed by atoms with Gasteiger partial charge in [-0.2, -0.15) is 0 Å². The summed E-state index contributed by atoms with van der Waals surface area (Å²) in [7, 11) is 0. The normalized spacial score (nSPS) is 11.3. The second-order valence-electron chi connectivity index (χ2n) is 35.0. The Labute approximate surface area is 739 Å². The summed E-state index contributed by atoms with van der Waals surface area (Å²) in [5.41, 5.74) is -1.04. The maximum atomic E-state index is 13.5. The van der Waals surface area contributed by atoms with Crippen LogP contribution in [0.3, 0.4) is 0 Å². The number of ether oxygens (including phenoxy) is 8. The summed E-state index contributed by atoms with van der Waals surface area (Å²) in [4.78, 5) is 188. The highest BCUT2D eigenvalue weighted by molar-refractivity contribution is 5.92. The van der Waals surface area contributed by atoms with E-state index in [0.29, 0.717) is 181 Å². The van der Waals surface area contributed by atoms with Crippen LogP contribution in [0, 0.1) is 0 Å². The van der Waals surface area contributed by atoms with Crippen molar-refractivity contribution in [2.24, 2.45) is 0 Å². The lowest BCUT2D eigenvalue weighted by Crippen LogP contribution is -2.52. The number of hydrogen-bond donors (Lipinski definition) is 6. The predicted octanol–water partition coefficient (Wildman–Crippen LogP) is 15.0. The van der Waals surface area contributed by atoms with Crippen LogP contribution in [0.25, 0.3) is 0 Å². The molecular weight excluding hydrogens is 1600 g/mol. The number of hydrogen-bond acceptors (Lipinski definition) is 22. The Balaban J connectivity index is 5.14. The minimum Gasteiger partial charge on any atom is -0.466 e. The molecule has 0 aliphatic heterocycles. The number of esters is 6. The highest BCUT2D eigenvalue weighted by Gasteiger charge is 2.32. The first-order chi connectivity index (χ1) is 58.3. The number of carbonyl (C=O) groups is 14. The third-order valence-electron chi connectivity index (χ3n) is 19.3. The van der Waals surface area contributed by atoms with Gasteiger partial charge in [0.05, 0.1) is 52.6 Å². The van der Waals surface area contributed by atoms with Crippen LogP contribution in [0.1, 0.15) is 291 Å². The fourth-order valence-electron chi connectivity index (χ4n) is 12.0. The van der Waals surface area contributed by atoms with Gasteiger partial charge in [0.15, 0.2) is 0 Å². The highest BCUT2D eigenvalue weighted by atomic mass is 16.6. The van der Waals surface area contributed by atoms with E-state index in [9.17, 15) is 67.1 Å². The number of nitrogens with zero attached hydrogens (tertiary/aromatic N) is 6. The molecule has 0 unspecified atom stereocenters. The number of carbonyl (C=O) groups excluding carboxylic acids is 14. The first-order valence-corrected chi connectivity index (χ1v) is 44.6. The molecule has 0 fully saturated rings. The summed E-state index contributed by atoms with van der Waals surface area (Å²) in [6.07, 6.45) is 15.1. The number of imide groups is 2. The molecule has 0 spiro atoms. The van der Waals surface area contributed by atoms with E-state index < -0.39 is 70.3 Å². The monoisotopic (exact) mass is 1760 g/mol. The molecule has 0 saturated heterocycles. The molecule has 0 aliphatic rings. The number of amides is 14. The van der Waals surface area contributed by atoms with Gasteiger partial charge in [-0.1, -0.05) is 77.7 Å². The van der Waals surface area contributed by atoms with Gasteiger partial charge in [-0.25, -0.2) is 67.3 Å². The molecule has 0 bridgehead atoms. The first kappa shape index (κ1) is 114. The van der Waals surface area contributed by atoms with Gasteiger partial charge in [0.1, 0.15) is 26.4 Å². The minimum absolute atomic E-state index is 0.0208. The van der Waals surface area contributed by atoms with Crippen molar-refractivity contribution in [1.82, 2.24) is 61.3 Å². The van der Waals surface area contributed by atoms with E-state index in [0.717, 1.165) is 35.5 Å². The molecule has 0 rings (SSSR count). The summed E-state index contributed by atoms with van der Waals surface area (Å²) in [6.45, 7) is 47.2. The van der Waals surface area contributed by atoms with Crippen molar-refractivity contribution in [3.05, 3.63) is 48.6 Å². The Kier molecular flexibility index (Phi) is 59.9. The Bertz CT molecular complexity index is 3090. The van der Waals surface area contributed by atoms with E-state index in [1.807, 2.05) is 83.1 Å². The molecule has 0 aromatic heterocycles. The van der Waals surface area contributed by atoms with Gasteiger partial charge in [0.2, 0.25) is 0 Å². The molecule has 0 atom stereocenters. The summed E-state index contributed by atoms with van der Waals surface area (Å²) >= 11 is 0. The molecule has 14 amide bonds. The van der Waals surface area contributed by atoms with Gasteiger partial charge in [0, 0.05) is 110 Å². The summed E-state index contributed by atoms with van der Waals surface area (Å²) in [5, 5.41) is 17.5. The molecule has 34 nitrogen and oxygen atoms in total. The Morgan fingerprint density at radius 1 is 0.226 bits per heavy atom. The Morgan fingerprint density at radius 3 is 0.629 bits per heavy atom. The van der Waals surface area contributed by atoms with Crippen LogP contribution in [0.15, 0.2) is 48.6 Å². The van der Waals surface area contributed by atoms with Crippen molar-refractivity contribution >= 4 is 84.2 Å². The van der Waals surface area contributed by atoms with Crippen molar-refractivity contribution in [2.45, 2.75) is 313 Å². The van der Waals surface area contributed by atoms with Gasteiger partial charge < -0.3 is 89.4 Å². The van der Waals surface area contributed by atoms with Crippen LogP contribution < -0.4 is 31.9 Å². The topological polar surface area (TPSA) is 404 Å². The van der Waals surface area contributed by atoms with Crippen molar-refractivity contribution in [2.75, 3.05) is 131 Å². The van der Waals surface area contributed by atoms with E-state index in [4.69, 9.17) is 37.9 Å². The molecule has 34 heteroatoms. The van der Waals surface area contributed by atoms with E-state index in [1.54, 1.807) is 47.3 Å². The van der Waals surface area contributed by atoms with Crippen molar-refractivity contribution in [1.29, 1.82) is 0 Å². The maximum absolute atomic E-state index is 13.5. The molecular formula is C90H158N12O22. The third kappa shape index (κ3) is 56.3. The van der Waals surface area contributed by atoms with Crippen molar-refractivity contribution in [3.63, 3.8) is 0 Å². The van der Waals surface area contributed by atoms with Gasteiger partial charge in [0.25, 0.3) is 0 Å². The Hall–Kier alpha value is -9.66. The lowest BCUT2D eigenvalue weighted by molar-refractivity contribution is -0.146. The smallest absolute Gasteiger partial charge is 0.417 e. The fourth-order valence-corrected chi connectivity index (χ4v) is 12.0. The quantitative estimate of drug-likeness (QED) is 0.0143. The summed E-state index contributed by atoms with van der Waals surface area (Å²) < 4.78 is 42.9. The van der Waals surface area contributed by atoms with Crippen molar-refractivity contribution in [3.8, 4) is 0 Å². The molecule has 0 radical (unpaired) electrons. The number of urea groups is 6. The molecule has 0 aromatic carbocycles. The van der Waals surface area contributed by atoms with Crippen molar-refractivity contribution < 1.29 is 105 Å². The van der Waals surface area contributed by atoms with E-state index >= 15 is 0 Å². The lowest BCUT2D eigenvalue weighted by Gasteiger charge is -2.35. The number of unbranched alkanes of at least 4 members (excludes halogenated alkanes) is 19. The second-order valence-corrected chi connectivity index (χ2v) is 35.0. The average Bonchev–Trinajstić information content (AvgIpc) is 0.876. The predicted molar refractivity (Wildman–Crippen MR) is 477 cm³/mol. The second kappa shape index (κ2) is 65.0. The molecule has 710 valence electrons. The van der Waals surface area contributed by atoms with Crippen LogP contribution in [0.2, 0.25) is 0 Å². The zero-order chi connectivity index (χ0) is 93.7. The van der Waals surface area contributed by atoms with Crippen LogP contribution >= 0.6 is 0 Å².